The molecule has 0 aliphatic heterocycles. The average Bonchev–Trinajstić information content (AvgIpc) is 2.72. The van der Waals surface area contributed by atoms with Gasteiger partial charge in [-0.25, -0.2) is 8.42 Å². The molecule has 2 aromatic carbocycles. The first-order valence-electron chi connectivity index (χ1n) is 9.69. The van der Waals surface area contributed by atoms with Gasteiger partial charge >= 0.3 is 0 Å². The van der Waals surface area contributed by atoms with E-state index in [4.69, 9.17) is 23.2 Å². The summed E-state index contributed by atoms with van der Waals surface area (Å²) in [5, 5.41) is 2.87. The van der Waals surface area contributed by atoms with Crippen LogP contribution in [-0.2, 0) is 26.2 Å². The molecule has 0 aliphatic carbocycles. The van der Waals surface area contributed by atoms with Crippen molar-refractivity contribution in [3.63, 3.8) is 0 Å². The van der Waals surface area contributed by atoms with Crippen LogP contribution in [0.3, 0.4) is 0 Å². The van der Waals surface area contributed by atoms with Gasteiger partial charge in [-0.2, -0.15) is 0 Å². The van der Waals surface area contributed by atoms with E-state index in [9.17, 15) is 18.0 Å². The van der Waals surface area contributed by atoms with E-state index in [1.807, 2.05) is 24.3 Å². The number of sulfonamides is 1. The highest BCUT2D eigenvalue weighted by Gasteiger charge is 2.30. The van der Waals surface area contributed by atoms with E-state index in [0.717, 1.165) is 20.6 Å². The van der Waals surface area contributed by atoms with Crippen LogP contribution in [-0.4, -0.2) is 50.5 Å². The first-order valence-corrected chi connectivity index (χ1v) is 13.1. The second-order valence-corrected chi connectivity index (χ2v) is 10.7. The maximum Gasteiger partial charge on any atom is 0.244 e. The summed E-state index contributed by atoms with van der Waals surface area (Å²) in [6, 6.07) is 11.0. The van der Waals surface area contributed by atoms with Gasteiger partial charge in [-0.1, -0.05) is 57.3 Å². The number of hydrogen-bond donors (Lipinski definition) is 1. The van der Waals surface area contributed by atoms with Gasteiger partial charge in [0, 0.05) is 17.6 Å². The number of likely N-dealkylation sites (N-methyl/N-ethyl adjacent to an activating group) is 1. The molecule has 32 heavy (non-hydrogen) atoms. The summed E-state index contributed by atoms with van der Waals surface area (Å²) < 4.78 is 26.8. The second-order valence-electron chi connectivity index (χ2n) is 7.06. The summed E-state index contributed by atoms with van der Waals surface area (Å²) in [5.41, 5.74) is 0.869. The summed E-state index contributed by atoms with van der Waals surface area (Å²) in [4.78, 5) is 27.2. The highest BCUT2D eigenvalue weighted by molar-refractivity contribution is 9.10. The lowest BCUT2D eigenvalue weighted by Gasteiger charge is -2.31. The Labute approximate surface area is 206 Å². The topological polar surface area (TPSA) is 86.8 Å². The van der Waals surface area contributed by atoms with E-state index in [-0.39, 0.29) is 28.2 Å². The Hall–Kier alpha value is -1.81. The maximum atomic E-state index is 13.3. The van der Waals surface area contributed by atoms with E-state index in [2.05, 4.69) is 21.2 Å². The van der Waals surface area contributed by atoms with E-state index < -0.39 is 28.5 Å². The van der Waals surface area contributed by atoms with Crippen LogP contribution in [0.5, 0.6) is 0 Å². The zero-order valence-corrected chi connectivity index (χ0v) is 21.7. The molecule has 1 atom stereocenters. The minimum absolute atomic E-state index is 0.0172. The molecule has 0 heterocycles. The van der Waals surface area contributed by atoms with Gasteiger partial charge < -0.3 is 10.2 Å². The molecule has 2 amide bonds. The molecule has 174 valence electrons. The fourth-order valence-electron chi connectivity index (χ4n) is 2.97. The van der Waals surface area contributed by atoms with Crippen LogP contribution in [0.15, 0.2) is 46.9 Å². The Morgan fingerprint density at radius 1 is 1.12 bits per heavy atom. The smallest absolute Gasteiger partial charge is 0.244 e. The quantitative estimate of drug-likeness (QED) is 0.497. The fourth-order valence-corrected chi connectivity index (χ4v) is 4.54. The Morgan fingerprint density at radius 3 is 2.31 bits per heavy atom. The molecular formula is C21H24BrCl2N3O4S. The Balaban J connectivity index is 2.42. The molecule has 0 aliphatic rings. The molecule has 0 bridgehead atoms. The molecule has 7 nitrogen and oxygen atoms in total. The highest BCUT2D eigenvalue weighted by Crippen LogP contribution is 2.33. The van der Waals surface area contributed by atoms with E-state index in [0.29, 0.717) is 6.54 Å². The molecule has 0 saturated carbocycles. The maximum absolute atomic E-state index is 13.3. The molecule has 0 radical (unpaired) electrons. The summed E-state index contributed by atoms with van der Waals surface area (Å²) in [5.74, 6) is -0.905. The van der Waals surface area contributed by atoms with Crippen LogP contribution in [0.2, 0.25) is 10.0 Å². The molecule has 0 aromatic heterocycles. The third kappa shape index (κ3) is 6.84. The van der Waals surface area contributed by atoms with Crippen LogP contribution in [0.25, 0.3) is 0 Å². The monoisotopic (exact) mass is 563 g/mol. The Morgan fingerprint density at radius 2 is 1.75 bits per heavy atom. The molecule has 2 aromatic rings. The van der Waals surface area contributed by atoms with Crippen molar-refractivity contribution in [2.75, 3.05) is 23.7 Å². The first-order chi connectivity index (χ1) is 15.0. The molecule has 1 N–H and O–H groups in total. The van der Waals surface area contributed by atoms with Crippen LogP contribution >= 0.6 is 39.1 Å². The van der Waals surface area contributed by atoms with Crippen molar-refractivity contribution in [1.29, 1.82) is 0 Å². The van der Waals surface area contributed by atoms with Gasteiger partial charge in [0.1, 0.15) is 12.6 Å². The number of benzene rings is 2. The van der Waals surface area contributed by atoms with E-state index in [1.165, 1.54) is 17.0 Å². The van der Waals surface area contributed by atoms with Crippen molar-refractivity contribution in [2.24, 2.45) is 0 Å². The van der Waals surface area contributed by atoms with Crippen LogP contribution in [0, 0.1) is 0 Å². The SMILES string of the molecule is CCNC(=O)C(C)N(Cc1ccc(Br)cc1)C(=O)CN(c1cccc(Cl)c1Cl)S(C)(=O)=O. The third-order valence-electron chi connectivity index (χ3n) is 4.66. The lowest BCUT2D eigenvalue weighted by molar-refractivity contribution is -0.139. The zero-order valence-electron chi connectivity index (χ0n) is 17.8. The van der Waals surface area contributed by atoms with Crippen molar-refractivity contribution in [1.82, 2.24) is 10.2 Å². The number of nitrogens with zero attached hydrogens (tertiary/aromatic N) is 2. The number of amides is 2. The molecular weight excluding hydrogens is 541 g/mol. The summed E-state index contributed by atoms with van der Waals surface area (Å²) in [6.45, 7) is 3.35. The highest BCUT2D eigenvalue weighted by atomic mass is 79.9. The van der Waals surface area contributed by atoms with Gasteiger partial charge in [0.2, 0.25) is 21.8 Å². The average molecular weight is 565 g/mol. The van der Waals surface area contributed by atoms with Crippen LogP contribution in [0.1, 0.15) is 19.4 Å². The number of rotatable bonds is 9. The van der Waals surface area contributed by atoms with Gasteiger partial charge in [-0.15, -0.1) is 0 Å². The molecule has 1 unspecified atom stereocenters. The minimum Gasteiger partial charge on any atom is -0.355 e. The minimum atomic E-state index is -3.88. The van der Waals surface area contributed by atoms with Gasteiger partial charge in [0.15, 0.2) is 0 Å². The molecule has 0 saturated heterocycles. The third-order valence-corrected chi connectivity index (χ3v) is 7.13. The number of halogens is 3. The lowest BCUT2D eigenvalue weighted by Crippen LogP contribution is -2.51. The zero-order chi connectivity index (χ0) is 24.1. The summed E-state index contributed by atoms with van der Waals surface area (Å²) in [6.07, 6.45) is 0.976. The van der Waals surface area contributed by atoms with Crippen LogP contribution in [0.4, 0.5) is 5.69 Å². The lowest BCUT2D eigenvalue weighted by atomic mass is 10.1. The Bertz CT molecular complexity index is 1080. The van der Waals surface area contributed by atoms with Gasteiger partial charge in [0.25, 0.3) is 0 Å². The number of hydrogen-bond acceptors (Lipinski definition) is 4. The first kappa shape index (κ1) is 26.4. The van der Waals surface area contributed by atoms with Crippen LogP contribution < -0.4 is 9.62 Å². The number of carbonyl (C=O) groups excluding carboxylic acids is 2. The molecule has 2 rings (SSSR count). The molecule has 11 heteroatoms. The van der Waals surface area contributed by atoms with E-state index >= 15 is 0 Å². The van der Waals surface area contributed by atoms with Crippen molar-refractivity contribution >= 4 is 66.7 Å². The fraction of sp³-hybridized carbons (Fsp3) is 0.333. The second kappa shape index (κ2) is 11.4. The number of carbonyl (C=O) groups is 2. The van der Waals surface area contributed by atoms with Crippen molar-refractivity contribution in [2.45, 2.75) is 26.4 Å². The predicted molar refractivity (Wildman–Crippen MR) is 131 cm³/mol. The summed E-state index contributed by atoms with van der Waals surface area (Å²) in [7, 11) is -3.88. The van der Waals surface area contributed by atoms with Crippen molar-refractivity contribution < 1.29 is 18.0 Å². The van der Waals surface area contributed by atoms with Crippen molar-refractivity contribution in [3.05, 3.63) is 62.5 Å². The van der Waals surface area contributed by atoms with Gasteiger partial charge in [-0.05, 0) is 43.7 Å². The van der Waals surface area contributed by atoms with Gasteiger partial charge in [0.05, 0.1) is 22.0 Å². The van der Waals surface area contributed by atoms with Crippen molar-refractivity contribution in [3.8, 4) is 0 Å². The van der Waals surface area contributed by atoms with Gasteiger partial charge in [-0.3, -0.25) is 13.9 Å². The standard InChI is InChI=1S/C21H24BrCl2N3O4S/c1-4-25-21(29)14(2)26(12-15-8-10-16(22)11-9-15)19(28)13-27(32(3,30)31)18-7-5-6-17(23)20(18)24/h5-11,14H,4,12-13H2,1-3H3,(H,25,29). The normalized spacial score (nSPS) is 12.2. The Kier molecular flexibility index (Phi) is 9.39. The summed E-state index contributed by atoms with van der Waals surface area (Å²) >= 11 is 15.6. The molecule has 0 spiro atoms. The number of nitrogens with one attached hydrogen (secondary N) is 1. The predicted octanol–water partition coefficient (Wildman–Crippen LogP) is 4.08. The largest absolute Gasteiger partial charge is 0.355 e. The molecule has 0 fully saturated rings. The van der Waals surface area contributed by atoms with E-state index in [1.54, 1.807) is 19.9 Å². The number of anilines is 1.